The summed E-state index contributed by atoms with van der Waals surface area (Å²) >= 11 is 0. The van der Waals surface area contributed by atoms with Crippen LogP contribution in [0.4, 0.5) is 0 Å². The lowest BCUT2D eigenvalue weighted by molar-refractivity contribution is -0.137. The molecule has 0 bridgehead atoms. The summed E-state index contributed by atoms with van der Waals surface area (Å²) in [4.78, 5) is 21.8. The summed E-state index contributed by atoms with van der Waals surface area (Å²) < 4.78 is 0. The Balaban J connectivity index is 2.75. The van der Waals surface area contributed by atoms with Crippen LogP contribution in [0.5, 0.6) is 0 Å². The third-order valence-electron chi connectivity index (χ3n) is 2.34. The first-order valence-electron chi connectivity index (χ1n) is 4.88. The molecule has 0 fully saturated rings. The van der Waals surface area contributed by atoms with Crippen LogP contribution in [0.3, 0.4) is 0 Å². The molecule has 0 aliphatic heterocycles. The predicted octanol–water partition coefficient (Wildman–Crippen LogP) is 2.22. The van der Waals surface area contributed by atoms with Crippen LogP contribution in [0, 0.1) is 0 Å². The van der Waals surface area contributed by atoms with E-state index in [2.05, 4.69) is 0 Å². The maximum Gasteiger partial charge on any atom is 0.303 e. The number of carboxylic acids is 1. The first-order valence-corrected chi connectivity index (χ1v) is 4.88. The highest BCUT2D eigenvalue weighted by molar-refractivity contribution is 5.83. The van der Waals surface area contributed by atoms with Crippen LogP contribution in [0.2, 0.25) is 0 Å². The van der Waals surface area contributed by atoms with Crippen molar-refractivity contribution in [3.05, 3.63) is 35.9 Å². The maximum atomic E-state index is 11.4. The summed E-state index contributed by atoms with van der Waals surface area (Å²) in [6.07, 6.45) is 0.397. The molecule has 0 aliphatic rings. The molecule has 1 rings (SSSR count). The van der Waals surface area contributed by atoms with Gasteiger partial charge in [0.2, 0.25) is 0 Å². The van der Waals surface area contributed by atoms with Gasteiger partial charge in [0, 0.05) is 12.3 Å². The summed E-state index contributed by atoms with van der Waals surface area (Å²) in [6, 6.07) is 9.29. The number of hydrogen-bond acceptors (Lipinski definition) is 2. The van der Waals surface area contributed by atoms with E-state index in [0.29, 0.717) is 6.42 Å². The quantitative estimate of drug-likeness (QED) is 0.803. The Morgan fingerprint density at radius 2 is 1.87 bits per heavy atom. The van der Waals surface area contributed by atoms with Gasteiger partial charge in [-0.1, -0.05) is 30.3 Å². The molecule has 3 heteroatoms. The Labute approximate surface area is 88.7 Å². The number of hydrogen-bond donors (Lipinski definition) is 1. The minimum Gasteiger partial charge on any atom is -0.481 e. The first-order chi connectivity index (χ1) is 7.11. The normalized spacial score (nSPS) is 12.1. The van der Waals surface area contributed by atoms with E-state index in [4.69, 9.17) is 5.11 Å². The summed E-state index contributed by atoms with van der Waals surface area (Å²) in [6.45, 7) is 1.50. The molecule has 1 atom stereocenters. The van der Waals surface area contributed by atoms with Crippen LogP contribution in [0.25, 0.3) is 0 Å². The van der Waals surface area contributed by atoms with Crippen molar-refractivity contribution >= 4 is 11.8 Å². The number of ketones is 1. The van der Waals surface area contributed by atoms with Crippen molar-refractivity contribution in [2.24, 2.45) is 0 Å². The Hall–Kier alpha value is -1.64. The SMILES string of the molecule is CC(=O)[C@H](CCC(=O)O)c1ccccc1. The Morgan fingerprint density at radius 3 is 2.33 bits per heavy atom. The molecule has 0 amide bonds. The largest absolute Gasteiger partial charge is 0.481 e. The number of carbonyl (C=O) groups excluding carboxylic acids is 1. The lowest BCUT2D eigenvalue weighted by Gasteiger charge is -2.12. The molecule has 0 radical (unpaired) electrons. The fourth-order valence-corrected chi connectivity index (χ4v) is 1.56. The molecule has 0 saturated carbocycles. The zero-order chi connectivity index (χ0) is 11.3. The Kier molecular flexibility index (Phi) is 4.03. The van der Waals surface area contributed by atoms with Crippen LogP contribution in [-0.2, 0) is 9.59 Å². The Morgan fingerprint density at radius 1 is 1.27 bits per heavy atom. The van der Waals surface area contributed by atoms with Crippen molar-refractivity contribution in [1.29, 1.82) is 0 Å². The second kappa shape index (κ2) is 5.29. The molecule has 1 aromatic carbocycles. The highest BCUT2D eigenvalue weighted by atomic mass is 16.4. The molecule has 0 unspecified atom stereocenters. The molecule has 0 aromatic heterocycles. The molecule has 3 nitrogen and oxygen atoms in total. The summed E-state index contributed by atoms with van der Waals surface area (Å²) in [7, 11) is 0. The van der Waals surface area contributed by atoms with Gasteiger partial charge in [0.25, 0.3) is 0 Å². The number of carbonyl (C=O) groups is 2. The van der Waals surface area contributed by atoms with Gasteiger partial charge in [-0.25, -0.2) is 0 Å². The van der Waals surface area contributed by atoms with Gasteiger partial charge in [-0.05, 0) is 18.9 Å². The lowest BCUT2D eigenvalue weighted by Crippen LogP contribution is -2.10. The van der Waals surface area contributed by atoms with Crippen LogP contribution in [0.1, 0.15) is 31.2 Å². The van der Waals surface area contributed by atoms with Crippen LogP contribution in [0.15, 0.2) is 30.3 Å². The molecule has 0 spiro atoms. The van der Waals surface area contributed by atoms with Crippen LogP contribution >= 0.6 is 0 Å². The van der Waals surface area contributed by atoms with Crippen molar-refractivity contribution in [1.82, 2.24) is 0 Å². The van der Waals surface area contributed by atoms with Crippen molar-refractivity contribution in [2.45, 2.75) is 25.7 Å². The van der Waals surface area contributed by atoms with Gasteiger partial charge in [-0.2, -0.15) is 0 Å². The molecule has 1 N–H and O–H groups in total. The number of rotatable bonds is 5. The standard InChI is InChI=1S/C12H14O3/c1-9(13)11(7-8-12(14)15)10-5-3-2-4-6-10/h2-6,11H,7-8H2,1H3,(H,14,15)/t11-/m0/s1. The maximum absolute atomic E-state index is 11.4. The van der Waals surface area contributed by atoms with Gasteiger partial charge in [-0.3, -0.25) is 9.59 Å². The summed E-state index contributed by atoms with van der Waals surface area (Å²) in [5.41, 5.74) is 0.895. The molecule has 1 aromatic rings. The number of Topliss-reactive ketones (excluding diaryl/α,β-unsaturated/α-hetero) is 1. The minimum atomic E-state index is -0.864. The smallest absolute Gasteiger partial charge is 0.303 e. The van der Waals surface area contributed by atoms with Gasteiger partial charge in [-0.15, -0.1) is 0 Å². The van der Waals surface area contributed by atoms with E-state index in [1.807, 2.05) is 30.3 Å². The van der Waals surface area contributed by atoms with E-state index in [9.17, 15) is 9.59 Å². The van der Waals surface area contributed by atoms with Gasteiger partial charge in [0.1, 0.15) is 5.78 Å². The molecular formula is C12H14O3. The molecule has 0 saturated heterocycles. The zero-order valence-corrected chi connectivity index (χ0v) is 8.64. The van der Waals surface area contributed by atoms with E-state index in [1.54, 1.807) is 0 Å². The number of benzene rings is 1. The Bertz CT molecular complexity index is 343. The van der Waals surface area contributed by atoms with Crippen LogP contribution in [-0.4, -0.2) is 16.9 Å². The topological polar surface area (TPSA) is 54.4 Å². The first kappa shape index (κ1) is 11.4. The van der Waals surface area contributed by atoms with Crippen molar-refractivity contribution < 1.29 is 14.7 Å². The van der Waals surface area contributed by atoms with E-state index in [-0.39, 0.29) is 18.1 Å². The van der Waals surface area contributed by atoms with E-state index < -0.39 is 5.97 Å². The van der Waals surface area contributed by atoms with Gasteiger partial charge in [0.15, 0.2) is 0 Å². The fraction of sp³-hybridized carbons (Fsp3) is 0.333. The van der Waals surface area contributed by atoms with Crippen LogP contribution < -0.4 is 0 Å². The van der Waals surface area contributed by atoms with Crippen molar-refractivity contribution in [3.63, 3.8) is 0 Å². The fourth-order valence-electron chi connectivity index (χ4n) is 1.56. The monoisotopic (exact) mass is 206 g/mol. The van der Waals surface area contributed by atoms with Gasteiger partial charge in [0.05, 0.1) is 0 Å². The average molecular weight is 206 g/mol. The predicted molar refractivity (Wildman–Crippen MR) is 56.7 cm³/mol. The zero-order valence-electron chi connectivity index (χ0n) is 8.64. The number of aliphatic carboxylic acids is 1. The minimum absolute atomic E-state index is 0.0162. The van der Waals surface area contributed by atoms with Gasteiger partial charge >= 0.3 is 5.97 Å². The highest BCUT2D eigenvalue weighted by Gasteiger charge is 2.17. The second-order valence-electron chi connectivity index (χ2n) is 3.51. The second-order valence-corrected chi connectivity index (χ2v) is 3.51. The highest BCUT2D eigenvalue weighted by Crippen LogP contribution is 2.21. The summed E-state index contributed by atoms with van der Waals surface area (Å²) in [5, 5.41) is 8.58. The molecule has 0 heterocycles. The number of carboxylic acid groups (broad SMARTS) is 1. The van der Waals surface area contributed by atoms with Crippen molar-refractivity contribution in [2.75, 3.05) is 0 Å². The lowest BCUT2D eigenvalue weighted by atomic mass is 9.91. The van der Waals surface area contributed by atoms with Gasteiger partial charge < -0.3 is 5.11 Å². The van der Waals surface area contributed by atoms with E-state index in [0.717, 1.165) is 5.56 Å². The molecule has 80 valence electrons. The summed E-state index contributed by atoms with van der Waals surface area (Å²) in [5.74, 6) is -1.14. The van der Waals surface area contributed by atoms with E-state index in [1.165, 1.54) is 6.92 Å². The third-order valence-corrected chi connectivity index (χ3v) is 2.34. The third kappa shape index (κ3) is 3.54. The average Bonchev–Trinajstić information content (AvgIpc) is 2.18. The van der Waals surface area contributed by atoms with E-state index >= 15 is 0 Å². The molecular weight excluding hydrogens is 192 g/mol. The molecule has 0 aliphatic carbocycles. The van der Waals surface area contributed by atoms with Crippen molar-refractivity contribution in [3.8, 4) is 0 Å². The molecule has 15 heavy (non-hydrogen) atoms.